The number of carbonyl (C=O) groups is 1. The highest BCUT2D eigenvalue weighted by Crippen LogP contribution is 2.15. The van der Waals surface area contributed by atoms with Crippen LogP contribution >= 0.6 is 0 Å². The van der Waals surface area contributed by atoms with E-state index in [0.29, 0.717) is 16.8 Å². The van der Waals surface area contributed by atoms with Gasteiger partial charge >= 0.3 is 0 Å². The van der Waals surface area contributed by atoms with Gasteiger partial charge in [-0.15, -0.1) is 0 Å². The molecule has 0 aliphatic rings. The summed E-state index contributed by atoms with van der Waals surface area (Å²) in [6.07, 6.45) is 2.60. The highest BCUT2D eigenvalue weighted by Gasteiger charge is 2.11. The van der Waals surface area contributed by atoms with E-state index < -0.39 is 15.9 Å². The van der Waals surface area contributed by atoms with Crippen molar-refractivity contribution < 1.29 is 18.4 Å². The number of hydroxylamine groups is 1. The molecule has 0 aliphatic carbocycles. The van der Waals surface area contributed by atoms with Gasteiger partial charge in [0.15, 0.2) is 0 Å². The number of carbonyl (C=O) groups excluding carboxylic acids is 1. The first-order valence-corrected chi connectivity index (χ1v) is 8.40. The third kappa shape index (κ3) is 5.57. The standard InChI is InChI=1S/C16H16N2O4S/c19-16(17-20)10-9-13-7-4-8-15(11-13)18-23(21,22)12-14-5-2-1-3-6-14/h1-11,18,20H,12H2,(H,17,19). The molecule has 0 saturated carbocycles. The van der Waals surface area contributed by atoms with Gasteiger partial charge in [-0.3, -0.25) is 14.7 Å². The van der Waals surface area contributed by atoms with Crippen LogP contribution in [-0.2, 0) is 20.6 Å². The number of hydrogen-bond donors (Lipinski definition) is 3. The van der Waals surface area contributed by atoms with Gasteiger partial charge in [-0.1, -0.05) is 42.5 Å². The summed E-state index contributed by atoms with van der Waals surface area (Å²) in [4.78, 5) is 10.9. The van der Waals surface area contributed by atoms with Gasteiger partial charge in [-0.25, -0.2) is 13.9 Å². The van der Waals surface area contributed by atoms with Crippen molar-refractivity contribution in [2.75, 3.05) is 4.72 Å². The summed E-state index contributed by atoms with van der Waals surface area (Å²) in [6.45, 7) is 0. The molecule has 3 N–H and O–H groups in total. The zero-order valence-corrected chi connectivity index (χ0v) is 13.0. The Labute approximate surface area is 134 Å². The maximum Gasteiger partial charge on any atom is 0.267 e. The fourth-order valence-corrected chi connectivity index (χ4v) is 3.11. The molecule has 0 radical (unpaired) electrons. The molecule has 6 nitrogen and oxygen atoms in total. The summed E-state index contributed by atoms with van der Waals surface area (Å²) in [5, 5.41) is 8.42. The van der Waals surface area contributed by atoms with Crippen LogP contribution in [0.5, 0.6) is 0 Å². The Balaban J connectivity index is 2.10. The molecule has 2 aromatic rings. The van der Waals surface area contributed by atoms with E-state index in [1.165, 1.54) is 11.6 Å². The molecule has 0 aromatic heterocycles. The van der Waals surface area contributed by atoms with E-state index in [1.807, 2.05) is 6.07 Å². The summed E-state index contributed by atoms with van der Waals surface area (Å²) in [7, 11) is -3.53. The van der Waals surface area contributed by atoms with E-state index in [9.17, 15) is 13.2 Å². The SMILES string of the molecule is O=C(C=Cc1cccc(NS(=O)(=O)Cc2ccccc2)c1)NO. The Morgan fingerprint density at radius 2 is 1.83 bits per heavy atom. The summed E-state index contributed by atoms with van der Waals surface area (Å²) in [5.74, 6) is -0.791. The first kappa shape index (κ1) is 16.7. The lowest BCUT2D eigenvalue weighted by atomic mass is 10.2. The molecule has 2 rings (SSSR count). The molecule has 0 bridgehead atoms. The largest absolute Gasteiger partial charge is 0.288 e. The molecule has 7 heteroatoms. The zero-order valence-electron chi connectivity index (χ0n) is 12.1. The van der Waals surface area contributed by atoms with Crippen LogP contribution in [0.25, 0.3) is 6.08 Å². The Bertz CT molecular complexity index is 802. The van der Waals surface area contributed by atoms with E-state index >= 15 is 0 Å². The van der Waals surface area contributed by atoms with Crippen molar-refractivity contribution >= 4 is 27.7 Å². The van der Waals surface area contributed by atoms with Crippen molar-refractivity contribution in [3.63, 3.8) is 0 Å². The lowest BCUT2D eigenvalue weighted by Gasteiger charge is -2.08. The van der Waals surface area contributed by atoms with Gasteiger partial charge in [0.25, 0.3) is 5.91 Å². The second kappa shape index (κ2) is 7.57. The molecule has 0 spiro atoms. The molecule has 0 aliphatic heterocycles. The minimum absolute atomic E-state index is 0.124. The minimum atomic E-state index is -3.53. The number of hydrogen-bond acceptors (Lipinski definition) is 4. The van der Waals surface area contributed by atoms with E-state index in [0.717, 1.165) is 6.08 Å². The molecule has 0 atom stereocenters. The number of rotatable bonds is 6. The average molecular weight is 332 g/mol. The molecule has 120 valence electrons. The topological polar surface area (TPSA) is 95.5 Å². The van der Waals surface area contributed by atoms with Crippen molar-refractivity contribution in [2.45, 2.75) is 5.75 Å². The molecular weight excluding hydrogens is 316 g/mol. The number of sulfonamides is 1. The van der Waals surface area contributed by atoms with Gasteiger partial charge in [0.1, 0.15) is 0 Å². The van der Waals surface area contributed by atoms with Gasteiger partial charge < -0.3 is 0 Å². The van der Waals surface area contributed by atoms with Crippen LogP contribution in [0.2, 0.25) is 0 Å². The number of nitrogens with one attached hydrogen (secondary N) is 2. The van der Waals surface area contributed by atoms with Crippen molar-refractivity contribution in [3.8, 4) is 0 Å². The molecule has 0 unspecified atom stereocenters. The van der Waals surface area contributed by atoms with E-state index in [-0.39, 0.29) is 5.75 Å². The Morgan fingerprint density at radius 1 is 1.09 bits per heavy atom. The number of benzene rings is 2. The van der Waals surface area contributed by atoms with E-state index in [1.54, 1.807) is 48.5 Å². The van der Waals surface area contributed by atoms with Crippen molar-refractivity contribution in [2.24, 2.45) is 0 Å². The molecule has 0 fully saturated rings. The lowest BCUT2D eigenvalue weighted by molar-refractivity contribution is -0.124. The van der Waals surface area contributed by atoms with Crippen molar-refractivity contribution in [1.82, 2.24) is 5.48 Å². The second-order valence-electron chi connectivity index (χ2n) is 4.78. The Kier molecular flexibility index (Phi) is 5.51. The van der Waals surface area contributed by atoms with Gasteiger partial charge in [0, 0.05) is 11.8 Å². The first-order valence-electron chi connectivity index (χ1n) is 6.75. The molecule has 2 aromatic carbocycles. The predicted molar refractivity (Wildman–Crippen MR) is 88.1 cm³/mol. The zero-order chi connectivity index (χ0) is 16.7. The van der Waals surface area contributed by atoms with Crippen molar-refractivity contribution in [1.29, 1.82) is 0 Å². The molecule has 0 heterocycles. The fraction of sp³-hybridized carbons (Fsp3) is 0.0625. The van der Waals surface area contributed by atoms with Gasteiger partial charge in [0.2, 0.25) is 10.0 Å². The smallest absolute Gasteiger partial charge is 0.267 e. The lowest BCUT2D eigenvalue weighted by Crippen LogP contribution is -2.15. The van der Waals surface area contributed by atoms with Crippen LogP contribution in [-0.4, -0.2) is 19.5 Å². The number of amides is 1. The van der Waals surface area contributed by atoms with Gasteiger partial charge in [-0.2, -0.15) is 0 Å². The maximum atomic E-state index is 12.2. The molecule has 0 saturated heterocycles. The van der Waals surface area contributed by atoms with Crippen LogP contribution in [0.1, 0.15) is 11.1 Å². The molecular formula is C16H16N2O4S. The monoisotopic (exact) mass is 332 g/mol. The summed E-state index contributed by atoms with van der Waals surface area (Å²) < 4.78 is 26.8. The highest BCUT2D eigenvalue weighted by atomic mass is 32.2. The third-order valence-electron chi connectivity index (χ3n) is 2.90. The van der Waals surface area contributed by atoms with Crippen LogP contribution in [0.4, 0.5) is 5.69 Å². The van der Waals surface area contributed by atoms with Gasteiger partial charge in [-0.05, 0) is 29.3 Å². The second-order valence-corrected chi connectivity index (χ2v) is 6.50. The van der Waals surface area contributed by atoms with Crippen LogP contribution in [0.3, 0.4) is 0 Å². The van der Waals surface area contributed by atoms with Crippen molar-refractivity contribution in [3.05, 3.63) is 71.8 Å². The minimum Gasteiger partial charge on any atom is -0.288 e. The van der Waals surface area contributed by atoms with E-state index in [2.05, 4.69) is 4.72 Å². The number of anilines is 1. The van der Waals surface area contributed by atoms with Crippen LogP contribution in [0.15, 0.2) is 60.7 Å². The summed E-state index contributed by atoms with van der Waals surface area (Å²) >= 11 is 0. The van der Waals surface area contributed by atoms with E-state index in [4.69, 9.17) is 5.21 Å². The Hall–Kier alpha value is -2.64. The third-order valence-corrected chi connectivity index (χ3v) is 4.16. The predicted octanol–water partition coefficient (Wildman–Crippen LogP) is 2.15. The quantitative estimate of drug-likeness (QED) is 0.429. The average Bonchev–Trinajstić information content (AvgIpc) is 2.53. The Morgan fingerprint density at radius 3 is 2.52 bits per heavy atom. The summed E-state index contributed by atoms with van der Waals surface area (Å²) in [5.41, 5.74) is 3.18. The van der Waals surface area contributed by atoms with Crippen LogP contribution in [0, 0.1) is 0 Å². The highest BCUT2D eigenvalue weighted by molar-refractivity contribution is 7.91. The normalized spacial score (nSPS) is 11.3. The molecule has 23 heavy (non-hydrogen) atoms. The first-order chi connectivity index (χ1) is 11.0. The summed E-state index contributed by atoms with van der Waals surface area (Å²) in [6, 6.07) is 15.4. The maximum absolute atomic E-state index is 12.2. The molecule has 1 amide bonds. The fourth-order valence-electron chi connectivity index (χ4n) is 1.92. The van der Waals surface area contributed by atoms with Gasteiger partial charge in [0.05, 0.1) is 5.75 Å². The van der Waals surface area contributed by atoms with Crippen LogP contribution < -0.4 is 10.2 Å².